The van der Waals surface area contributed by atoms with Gasteiger partial charge in [0.25, 0.3) is 0 Å². The van der Waals surface area contributed by atoms with Crippen LogP contribution in [-0.2, 0) is 6.42 Å². The van der Waals surface area contributed by atoms with Gasteiger partial charge in [-0.15, -0.1) is 0 Å². The van der Waals surface area contributed by atoms with E-state index >= 15 is 0 Å². The predicted octanol–water partition coefficient (Wildman–Crippen LogP) is 3.28. The maximum Gasteiger partial charge on any atom is 0.186 e. The molecular formula is C20H24FN3O3S. The van der Waals surface area contributed by atoms with Crippen molar-refractivity contribution in [1.29, 1.82) is 0 Å². The molecule has 0 saturated heterocycles. The lowest BCUT2D eigenvalue weighted by Crippen LogP contribution is -2.34. The second kappa shape index (κ2) is 10.5. The third kappa shape index (κ3) is 5.82. The smallest absolute Gasteiger partial charge is 0.186 e. The third-order valence-electron chi connectivity index (χ3n) is 4.04. The van der Waals surface area contributed by atoms with Crippen LogP contribution in [0.1, 0.15) is 18.1 Å². The molecule has 0 saturated carbocycles. The van der Waals surface area contributed by atoms with E-state index in [4.69, 9.17) is 26.4 Å². The molecule has 150 valence electrons. The molecule has 0 amide bonds. The molecule has 0 aliphatic rings. The van der Waals surface area contributed by atoms with Gasteiger partial charge in [0.2, 0.25) is 0 Å². The van der Waals surface area contributed by atoms with Gasteiger partial charge in [0.05, 0.1) is 27.0 Å². The van der Waals surface area contributed by atoms with E-state index in [2.05, 4.69) is 15.8 Å². The van der Waals surface area contributed by atoms with Crippen LogP contribution in [-0.4, -0.2) is 38.7 Å². The first kappa shape index (κ1) is 21.4. The van der Waals surface area contributed by atoms with Gasteiger partial charge in [-0.1, -0.05) is 6.07 Å². The summed E-state index contributed by atoms with van der Waals surface area (Å²) in [5.41, 5.74) is 5.09. The number of nitrogens with one attached hydrogen (secondary N) is 2. The van der Waals surface area contributed by atoms with Crippen molar-refractivity contribution in [2.45, 2.75) is 13.3 Å². The van der Waals surface area contributed by atoms with Gasteiger partial charge in [0.1, 0.15) is 0 Å². The van der Waals surface area contributed by atoms with Gasteiger partial charge >= 0.3 is 0 Å². The standard InChI is InChI=1S/C20H24FN3O3S/c1-13(15-6-8-17(25-2)16(21)12-15)23-24-20(28)22-10-9-14-5-7-18(26-3)19(11-14)27-4/h5-8,11-12H,9-10H2,1-4H3,(H2,22,24,28)/b23-13-. The molecule has 0 unspecified atom stereocenters. The normalized spacial score (nSPS) is 11.0. The summed E-state index contributed by atoms with van der Waals surface area (Å²) in [6.07, 6.45) is 0.745. The number of rotatable bonds is 8. The van der Waals surface area contributed by atoms with Crippen LogP contribution in [0.25, 0.3) is 0 Å². The van der Waals surface area contributed by atoms with Crippen molar-refractivity contribution in [2.75, 3.05) is 27.9 Å². The van der Waals surface area contributed by atoms with Crippen molar-refractivity contribution in [3.05, 3.63) is 53.3 Å². The molecule has 0 bridgehead atoms. The maximum absolute atomic E-state index is 13.8. The molecule has 0 aromatic heterocycles. The van der Waals surface area contributed by atoms with Crippen LogP contribution in [0.4, 0.5) is 4.39 Å². The number of ether oxygens (including phenoxy) is 3. The van der Waals surface area contributed by atoms with Crippen LogP contribution < -0.4 is 25.0 Å². The summed E-state index contributed by atoms with van der Waals surface area (Å²) in [4.78, 5) is 0. The lowest BCUT2D eigenvalue weighted by Gasteiger charge is -2.11. The Morgan fingerprint density at radius 1 is 1.00 bits per heavy atom. The quantitative estimate of drug-likeness (QED) is 0.399. The minimum atomic E-state index is -0.440. The lowest BCUT2D eigenvalue weighted by molar-refractivity contribution is 0.354. The number of thiocarbonyl (C=S) groups is 1. The Bertz CT molecular complexity index is 859. The van der Waals surface area contributed by atoms with Crippen LogP contribution in [0, 0.1) is 5.82 Å². The van der Waals surface area contributed by atoms with Gasteiger partial charge in [-0.25, -0.2) is 4.39 Å². The number of hydrazone groups is 1. The maximum atomic E-state index is 13.8. The summed E-state index contributed by atoms with van der Waals surface area (Å²) < 4.78 is 29.2. The molecule has 0 heterocycles. The van der Waals surface area contributed by atoms with Gasteiger partial charge in [-0.2, -0.15) is 5.10 Å². The van der Waals surface area contributed by atoms with Crippen molar-refractivity contribution in [3.8, 4) is 17.2 Å². The molecule has 0 spiro atoms. The van der Waals surface area contributed by atoms with Crippen LogP contribution in [0.15, 0.2) is 41.5 Å². The molecule has 0 atom stereocenters. The highest BCUT2D eigenvalue weighted by Gasteiger charge is 2.06. The van der Waals surface area contributed by atoms with E-state index in [9.17, 15) is 4.39 Å². The van der Waals surface area contributed by atoms with E-state index in [-0.39, 0.29) is 5.75 Å². The molecule has 28 heavy (non-hydrogen) atoms. The third-order valence-corrected chi connectivity index (χ3v) is 4.28. The van der Waals surface area contributed by atoms with Gasteiger partial charge in [0.15, 0.2) is 28.2 Å². The topological polar surface area (TPSA) is 64.1 Å². The number of hydrogen-bond donors (Lipinski definition) is 2. The zero-order valence-corrected chi connectivity index (χ0v) is 17.2. The average molecular weight is 405 g/mol. The number of halogens is 1. The molecule has 0 fully saturated rings. The largest absolute Gasteiger partial charge is 0.494 e. The first-order valence-electron chi connectivity index (χ1n) is 8.61. The number of methoxy groups -OCH3 is 3. The van der Waals surface area contributed by atoms with Gasteiger partial charge < -0.3 is 19.5 Å². The fourth-order valence-electron chi connectivity index (χ4n) is 2.49. The van der Waals surface area contributed by atoms with Crippen LogP contribution >= 0.6 is 12.2 Å². The minimum Gasteiger partial charge on any atom is -0.494 e. The molecule has 0 radical (unpaired) electrons. The molecule has 2 rings (SSSR count). The van der Waals surface area contributed by atoms with E-state index in [1.165, 1.54) is 13.2 Å². The summed E-state index contributed by atoms with van der Waals surface area (Å²) in [5.74, 6) is 1.13. The monoisotopic (exact) mass is 405 g/mol. The molecule has 0 aliphatic carbocycles. The molecule has 6 nitrogen and oxygen atoms in total. The SMILES string of the molecule is COc1ccc(/C(C)=N\NC(=S)NCCc2ccc(OC)c(OC)c2)cc1F. The molecule has 2 N–H and O–H groups in total. The Labute approximate surface area is 169 Å². The van der Waals surface area contributed by atoms with Crippen LogP contribution in [0.3, 0.4) is 0 Å². The minimum absolute atomic E-state index is 0.192. The summed E-state index contributed by atoms with van der Waals surface area (Å²) in [6, 6.07) is 10.4. The van der Waals surface area contributed by atoms with Crippen molar-refractivity contribution in [1.82, 2.24) is 10.7 Å². The fraction of sp³-hybridized carbons (Fsp3) is 0.300. The Balaban J connectivity index is 1.85. The van der Waals surface area contributed by atoms with E-state index in [1.54, 1.807) is 33.3 Å². The lowest BCUT2D eigenvalue weighted by atomic mass is 10.1. The van der Waals surface area contributed by atoms with Crippen molar-refractivity contribution >= 4 is 23.0 Å². The molecular weight excluding hydrogens is 381 g/mol. The second-order valence-electron chi connectivity index (χ2n) is 5.85. The van der Waals surface area contributed by atoms with Crippen molar-refractivity contribution in [3.63, 3.8) is 0 Å². The molecule has 2 aromatic carbocycles. The van der Waals surface area contributed by atoms with Gasteiger partial charge in [-0.3, -0.25) is 5.43 Å². The number of hydrogen-bond acceptors (Lipinski definition) is 5. The first-order chi connectivity index (χ1) is 13.5. The Morgan fingerprint density at radius 2 is 1.68 bits per heavy atom. The van der Waals surface area contributed by atoms with Crippen molar-refractivity contribution < 1.29 is 18.6 Å². The van der Waals surface area contributed by atoms with Crippen molar-refractivity contribution in [2.24, 2.45) is 5.10 Å². The summed E-state index contributed by atoms with van der Waals surface area (Å²) in [7, 11) is 4.63. The summed E-state index contributed by atoms with van der Waals surface area (Å²) >= 11 is 5.22. The van der Waals surface area contributed by atoms with Crippen LogP contribution in [0.5, 0.6) is 17.2 Å². The van der Waals surface area contributed by atoms with E-state index in [0.717, 1.165) is 12.0 Å². The average Bonchev–Trinajstić information content (AvgIpc) is 2.71. The zero-order valence-electron chi connectivity index (χ0n) is 16.3. The molecule has 8 heteroatoms. The molecule has 2 aromatic rings. The Morgan fingerprint density at radius 3 is 2.32 bits per heavy atom. The highest BCUT2D eigenvalue weighted by atomic mass is 32.1. The predicted molar refractivity (Wildman–Crippen MR) is 112 cm³/mol. The van der Waals surface area contributed by atoms with Crippen LogP contribution in [0.2, 0.25) is 0 Å². The second-order valence-corrected chi connectivity index (χ2v) is 6.26. The number of nitrogens with zero attached hydrogens (tertiary/aromatic N) is 1. The summed E-state index contributed by atoms with van der Waals surface area (Å²) in [6.45, 7) is 2.38. The van der Waals surface area contributed by atoms with E-state index < -0.39 is 5.82 Å². The molecule has 0 aliphatic heterocycles. The Kier molecular flexibility index (Phi) is 8.01. The fourth-order valence-corrected chi connectivity index (χ4v) is 2.63. The Hall–Kier alpha value is -2.87. The highest BCUT2D eigenvalue weighted by Crippen LogP contribution is 2.27. The number of benzene rings is 2. The first-order valence-corrected chi connectivity index (χ1v) is 9.02. The highest BCUT2D eigenvalue weighted by molar-refractivity contribution is 7.80. The van der Waals surface area contributed by atoms with Gasteiger partial charge in [-0.05, 0) is 61.5 Å². The zero-order chi connectivity index (χ0) is 20.5. The van der Waals surface area contributed by atoms with Gasteiger partial charge in [0, 0.05) is 12.1 Å². The summed E-state index contributed by atoms with van der Waals surface area (Å²) in [5, 5.41) is 7.65. The van der Waals surface area contributed by atoms with E-state index in [0.29, 0.717) is 34.4 Å². The van der Waals surface area contributed by atoms with E-state index in [1.807, 2.05) is 18.2 Å².